The highest BCUT2D eigenvalue weighted by molar-refractivity contribution is 5.95. The van der Waals surface area contributed by atoms with Crippen molar-refractivity contribution in [2.24, 2.45) is 0 Å². The number of hydrogen-bond acceptors (Lipinski definition) is 3. The number of hydrogen-bond donors (Lipinski definition) is 3. The minimum absolute atomic E-state index is 0.00785. The van der Waals surface area contributed by atoms with Crippen molar-refractivity contribution in [2.45, 2.75) is 13.8 Å². The standard InChI is InChI=1S/C17H24N4O3/c1-12-5-4-6-13(2)17(12)19-15(23)9-20(3)16(24)11-21-8-7-18-14(22)10-21/h4-6H,7-11H2,1-3H3,(H,18,22)(H,19,23)/p+1. The van der Waals surface area contributed by atoms with E-state index in [-0.39, 0.29) is 30.8 Å². The highest BCUT2D eigenvalue weighted by atomic mass is 16.2. The van der Waals surface area contributed by atoms with Gasteiger partial charge in [0.25, 0.3) is 11.8 Å². The fourth-order valence-corrected chi connectivity index (χ4v) is 2.75. The molecular formula is C17H25N4O3+. The van der Waals surface area contributed by atoms with Crippen LogP contribution in [0.3, 0.4) is 0 Å². The van der Waals surface area contributed by atoms with Crippen LogP contribution in [0.25, 0.3) is 0 Å². The van der Waals surface area contributed by atoms with Gasteiger partial charge in [-0.15, -0.1) is 0 Å². The Morgan fingerprint density at radius 3 is 2.58 bits per heavy atom. The van der Waals surface area contributed by atoms with Crippen LogP contribution in [0.5, 0.6) is 0 Å². The number of nitrogens with zero attached hydrogens (tertiary/aromatic N) is 1. The lowest BCUT2D eigenvalue weighted by molar-refractivity contribution is -0.885. The van der Waals surface area contributed by atoms with Crippen LogP contribution in [0.2, 0.25) is 0 Å². The van der Waals surface area contributed by atoms with Gasteiger partial charge >= 0.3 is 0 Å². The number of nitrogens with one attached hydrogen (secondary N) is 3. The summed E-state index contributed by atoms with van der Waals surface area (Å²) in [5.74, 6) is -0.412. The molecule has 3 N–H and O–H groups in total. The number of amides is 3. The molecule has 1 unspecified atom stereocenters. The molecule has 2 rings (SSSR count). The molecule has 1 heterocycles. The Labute approximate surface area is 142 Å². The number of anilines is 1. The van der Waals surface area contributed by atoms with Crippen molar-refractivity contribution in [2.75, 3.05) is 45.1 Å². The summed E-state index contributed by atoms with van der Waals surface area (Å²) in [5, 5.41) is 5.61. The number of benzene rings is 1. The molecule has 0 aliphatic carbocycles. The molecular weight excluding hydrogens is 308 g/mol. The van der Waals surface area contributed by atoms with Gasteiger partial charge in [-0.1, -0.05) is 18.2 Å². The summed E-state index contributed by atoms with van der Waals surface area (Å²) in [4.78, 5) is 38.1. The fourth-order valence-electron chi connectivity index (χ4n) is 2.75. The number of para-hydroxylation sites is 1. The number of quaternary nitrogens is 1. The zero-order valence-electron chi connectivity index (χ0n) is 14.4. The summed E-state index contributed by atoms with van der Waals surface area (Å²) < 4.78 is 0. The van der Waals surface area contributed by atoms with Crippen LogP contribution in [0.15, 0.2) is 18.2 Å². The molecule has 1 aromatic carbocycles. The van der Waals surface area contributed by atoms with Gasteiger partial charge in [0.1, 0.15) is 0 Å². The third kappa shape index (κ3) is 4.79. The number of piperazine rings is 1. The van der Waals surface area contributed by atoms with E-state index in [1.807, 2.05) is 32.0 Å². The second-order valence-corrected chi connectivity index (χ2v) is 6.27. The minimum atomic E-state index is -0.227. The number of aryl methyl sites for hydroxylation is 2. The highest BCUT2D eigenvalue weighted by Gasteiger charge is 2.24. The predicted molar refractivity (Wildman–Crippen MR) is 90.8 cm³/mol. The Hall–Kier alpha value is -2.41. The van der Waals surface area contributed by atoms with Gasteiger partial charge in [-0.25, -0.2) is 0 Å². The van der Waals surface area contributed by atoms with Gasteiger partial charge in [0, 0.05) is 12.7 Å². The largest absolute Gasteiger partial charge is 0.346 e. The number of likely N-dealkylation sites (N-methyl/N-ethyl adjacent to an activating group) is 1. The Morgan fingerprint density at radius 1 is 1.29 bits per heavy atom. The van der Waals surface area contributed by atoms with Crippen LogP contribution in [-0.4, -0.2) is 62.4 Å². The number of rotatable bonds is 5. The molecule has 24 heavy (non-hydrogen) atoms. The Bertz CT molecular complexity index is 624. The predicted octanol–water partition coefficient (Wildman–Crippen LogP) is -1.28. The molecule has 1 aliphatic rings. The zero-order valence-corrected chi connectivity index (χ0v) is 14.4. The molecule has 0 spiro atoms. The van der Waals surface area contributed by atoms with Crippen molar-refractivity contribution in [3.05, 3.63) is 29.3 Å². The molecule has 7 nitrogen and oxygen atoms in total. The molecule has 1 aliphatic heterocycles. The Morgan fingerprint density at radius 2 is 1.96 bits per heavy atom. The van der Waals surface area contributed by atoms with E-state index in [0.717, 1.165) is 28.3 Å². The SMILES string of the molecule is Cc1cccc(C)c1NC(=O)CN(C)C(=O)C[NH+]1CCNC(=O)C1. The summed E-state index contributed by atoms with van der Waals surface area (Å²) in [6, 6.07) is 5.80. The van der Waals surface area contributed by atoms with E-state index in [0.29, 0.717) is 13.1 Å². The molecule has 130 valence electrons. The van der Waals surface area contributed by atoms with Gasteiger partial charge in [-0.3, -0.25) is 14.4 Å². The van der Waals surface area contributed by atoms with Gasteiger partial charge in [-0.05, 0) is 25.0 Å². The van der Waals surface area contributed by atoms with E-state index in [4.69, 9.17) is 0 Å². The molecule has 3 amide bonds. The van der Waals surface area contributed by atoms with Crippen LogP contribution < -0.4 is 15.5 Å². The molecule has 0 radical (unpaired) electrons. The third-order valence-corrected chi connectivity index (χ3v) is 4.16. The number of carbonyl (C=O) groups is 3. The lowest BCUT2D eigenvalue weighted by Gasteiger charge is -2.25. The third-order valence-electron chi connectivity index (χ3n) is 4.16. The molecule has 7 heteroatoms. The first kappa shape index (κ1) is 17.9. The molecule has 0 saturated carbocycles. The van der Waals surface area contributed by atoms with Crippen molar-refractivity contribution in [3.63, 3.8) is 0 Å². The molecule has 0 bridgehead atoms. The maximum atomic E-state index is 12.2. The van der Waals surface area contributed by atoms with Crippen molar-refractivity contribution in [1.82, 2.24) is 10.2 Å². The summed E-state index contributed by atoms with van der Waals surface area (Å²) in [6.07, 6.45) is 0. The first-order valence-electron chi connectivity index (χ1n) is 8.07. The van der Waals surface area contributed by atoms with E-state index >= 15 is 0 Å². The normalized spacial score (nSPS) is 17.1. The van der Waals surface area contributed by atoms with Crippen LogP contribution in [-0.2, 0) is 14.4 Å². The smallest absolute Gasteiger partial charge is 0.277 e. The number of carbonyl (C=O) groups excluding carboxylic acids is 3. The van der Waals surface area contributed by atoms with Crippen molar-refractivity contribution in [1.29, 1.82) is 0 Å². The highest BCUT2D eigenvalue weighted by Crippen LogP contribution is 2.19. The lowest BCUT2D eigenvalue weighted by Crippen LogP contribution is -3.16. The van der Waals surface area contributed by atoms with Gasteiger partial charge in [0.05, 0.1) is 19.6 Å². The van der Waals surface area contributed by atoms with E-state index in [2.05, 4.69) is 10.6 Å². The fraction of sp³-hybridized carbons (Fsp3) is 0.471. The van der Waals surface area contributed by atoms with Crippen LogP contribution in [0, 0.1) is 13.8 Å². The Kier molecular flexibility index (Phi) is 5.92. The van der Waals surface area contributed by atoms with E-state index < -0.39 is 0 Å². The zero-order chi connectivity index (χ0) is 17.7. The second kappa shape index (κ2) is 7.92. The van der Waals surface area contributed by atoms with E-state index in [9.17, 15) is 14.4 Å². The van der Waals surface area contributed by atoms with Crippen LogP contribution >= 0.6 is 0 Å². The Balaban J connectivity index is 1.86. The van der Waals surface area contributed by atoms with Gasteiger partial charge < -0.3 is 20.4 Å². The lowest BCUT2D eigenvalue weighted by atomic mass is 10.1. The van der Waals surface area contributed by atoms with Crippen LogP contribution in [0.1, 0.15) is 11.1 Å². The van der Waals surface area contributed by atoms with Crippen molar-refractivity contribution >= 4 is 23.4 Å². The average Bonchev–Trinajstić information content (AvgIpc) is 2.51. The topological polar surface area (TPSA) is 82.9 Å². The summed E-state index contributed by atoms with van der Waals surface area (Å²) in [6.45, 7) is 5.68. The first-order valence-corrected chi connectivity index (χ1v) is 8.07. The van der Waals surface area contributed by atoms with E-state index in [1.165, 1.54) is 4.90 Å². The monoisotopic (exact) mass is 333 g/mol. The van der Waals surface area contributed by atoms with Crippen molar-refractivity contribution < 1.29 is 19.3 Å². The second-order valence-electron chi connectivity index (χ2n) is 6.27. The molecule has 1 saturated heterocycles. The van der Waals surface area contributed by atoms with Gasteiger partial charge in [0.2, 0.25) is 5.91 Å². The first-order chi connectivity index (χ1) is 11.4. The van der Waals surface area contributed by atoms with E-state index in [1.54, 1.807) is 7.05 Å². The quantitative estimate of drug-likeness (QED) is 0.627. The maximum Gasteiger partial charge on any atom is 0.277 e. The summed E-state index contributed by atoms with van der Waals surface area (Å²) in [7, 11) is 1.61. The molecule has 1 atom stereocenters. The van der Waals surface area contributed by atoms with Gasteiger partial charge in [-0.2, -0.15) is 0 Å². The van der Waals surface area contributed by atoms with Crippen LogP contribution in [0.4, 0.5) is 5.69 Å². The molecule has 1 aromatic rings. The molecule has 1 fully saturated rings. The molecule has 0 aromatic heterocycles. The van der Waals surface area contributed by atoms with Crippen molar-refractivity contribution in [3.8, 4) is 0 Å². The average molecular weight is 333 g/mol. The minimum Gasteiger partial charge on any atom is -0.346 e. The summed E-state index contributed by atoms with van der Waals surface area (Å²) >= 11 is 0. The maximum absolute atomic E-state index is 12.2. The summed E-state index contributed by atoms with van der Waals surface area (Å²) in [5.41, 5.74) is 2.77. The van der Waals surface area contributed by atoms with Gasteiger partial charge in [0.15, 0.2) is 13.1 Å².